The molecule has 0 amide bonds. The summed E-state index contributed by atoms with van der Waals surface area (Å²) < 4.78 is 1.82. The molecule has 1 fully saturated rings. The molecule has 3 rings (SSSR count). The van der Waals surface area contributed by atoms with Crippen LogP contribution in [0.5, 0.6) is 0 Å². The van der Waals surface area contributed by atoms with Gasteiger partial charge in [0.1, 0.15) is 0 Å². The zero-order valence-corrected chi connectivity index (χ0v) is 12.4. The molecule has 5 nitrogen and oxygen atoms in total. The third-order valence-corrected chi connectivity index (χ3v) is 4.35. The highest BCUT2D eigenvalue weighted by Crippen LogP contribution is 2.28. The van der Waals surface area contributed by atoms with Crippen LogP contribution in [0.25, 0.3) is 0 Å². The number of hydrogen-bond donors (Lipinski definition) is 1. The lowest BCUT2D eigenvalue weighted by molar-refractivity contribution is 0.117. The molecule has 1 aromatic carbocycles. The summed E-state index contributed by atoms with van der Waals surface area (Å²) in [6.07, 6.45) is 4.56. The Morgan fingerprint density at radius 3 is 2.86 bits per heavy atom. The van der Waals surface area contributed by atoms with E-state index in [1.807, 2.05) is 48.3 Å². The predicted molar refractivity (Wildman–Crippen MR) is 80.5 cm³/mol. The standard InChI is InChI=1S/C16H22N4O/c1-19-15(11-17-18-19)12-20-9-5-8-14(20)10-16(21)13-6-3-2-4-7-13/h2-4,6-7,11,14,16,21H,5,8-10,12H2,1H3. The quantitative estimate of drug-likeness (QED) is 0.912. The maximum atomic E-state index is 10.4. The van der Waals surface area contributed by atoms with E-state index in [9.17, 15) is 5.11 Å². The Morgan fingerprint density at radius 2 is 2.14 bits per heavy atom. The van der Waals surface area contributed by atoms with Gasteiger partial charge in [0.15, 0.2) is 0 Å². The molecule has 1 aliphatic rings. The molecule has 1 N–H and O–H groups in total. The van der Waals surface area contributed by atoms with Crippen LogP contribution in [0.3, 0.4) is 0 Å². The smallest absolute Gasteiger partial charge is 0.0805 e. The number of rotatable bonds is 5. The highest BCUT2D eigenvalue weighted by atomic mass is 16.3. The van der Waals surface area contributed by atoms with Gasteiger partial charge >= 0.3 is 0 Å². The Balaban J connectivity index is 1.63. The van der Waals surface area contributed by atoms with Crippen LogP contribution >= 0.6 is 0 Å². The molecule has 2 heterocycles. The van der Waals surface area contributed by atoms with Crippen LogP contribution < -0.4 is 0 Å². The number of benzene rings is 1. The van der Waals surface area contributed by atoms with Gasteiger partial charge in [0, 0.05) is 19.6 Å². The van der Waals surface area contributed by atoms with Crippen molar-refractivity contribution in [3.63, 3.8) is 0 Å². The molecule has 2 atom stereocenters. The second kappa shape index (κ2) is 6.37. The molecule has 2 unspecified atom stereocenters. The van der Waals surface area contributed by atoms with Crippen molar-refractivity contribution in [3.8, 4) is 0 Å². The van der Waals surface area contributed by atoms with Crippen LogP contribution in [-0.4, -0.2) is 37.6 Å². The average molecular weight is 286 g/mol. The molecule has 21 heavy (non-hydrogen) atoms. The molecule has 0 bridgehead atoms. The van der Waals surface area contributed by atoms with Gasteiger partial charge in [-0.1, -0.05) is 35.5 Å². The van der Waals surface area contributed by atoms with E-state index >= 15 is 0 Å². The second-order valence-corrected chi connectivity index (χ2v) is 5.78. The summed E-state index contributed by atoms with van der Waals surface area (Å²) in [6, 6.07) is 10.4. The molecule has 2 aromatic rings. The van der Waals surface area contributed by atoms with Gasteiger partial charge in [0.25, 0.3) is 0 Å². The molecular formula is C16H22N4O. The van der Waals surface area contributed by atoms with Gasteiger partial charge in [0.05, 0.1) is 18.0 Å². The fourth-order valence-corrected chi connectivity index (χ4v) is 3.10. The highest BCUT2D eigenvalue weighted by molar-refractivity contribution is 5.17. The first-order chi connectivity index (χ1) is 10.2. The third-order valence-electron chi connectivity index (χ3n) is 4.35. The fraction of sp³-hybridized carbons (Fsp3) is 0.500. The van der Waals surface area contributed by atoms with Gasteiger partial charge in [-0.05, 0) is 31.4 Å². The maximum Gasteiger partial charge on any atom is 0.0805 e. The van der Waals surface area contributed by atoms with Crippen molar-refractivity contribution in [2.75, 3.05) is 6.54 Å². The Labute approximate surface area is 125 Å². The number of hydrogen-bond acceptors (Lipinski definition) is 4. The summed E-state index contributed by atoms with van der Waals surface area (Å²) in [5.74, 6) is 0. The number of aromatic nitrogens is 3. The largest absolute Gasteiger partial charge is 0.388 e. The van der Waals surface area contributed by atoms with Gasteiger partial charge in [-0.15, -0.1) is 5.10 Å². The van der Waals surface area contributed by atoms with Crippen LogP contribution in [0.1, 0.15) is 36.6 Å². The van der Waals surface area contributed by atoms with E-state index in [0.717, 1.165) is 37.2 Å². The first-order valence-electron chi connectivity index (χ1n) is 7.54. The van der Waals surface area contributed by atoms with Gasteiger partial charge in [-0.2, -0.15) is 0 Å². The van der Waals surface area contributed by atoms with E-state index in [4.69, 9.17) is 0 Å². The molecule has 5 heteroatoms. The minimum absolute atomic E-state index is 0.388. The molecule has 0 aliphatic carbocycles. The Bertz CT molecular complexity index is 569. The number of likely N-dealkylation sites (tertiary alicyclic amines) is 1. The number of aliphatic hydroxyl groups excluding tert-OH is 1. The predicted octanol–water partition coefficient (Wildman–Crippen LogP) is 1.90. The lowest BCUT2D eigenvalue weighted by Crippen LogP contribution is -2.31. The van der Waals surface area contributed by atoms with E-state index in [1.54, 1.807) is 0 Å². The van der Waals surface area contributed by atoms with E-state index in [-0.39, 0.29) is 6.10 Å². The lowest BCUT2D eigenvalue weighted by atomic mass is 10.0. The van der Waals surface area contributed by atoms with Crippen LogP contribution in [0.2, 0.25) is 0 Å². The van der Waals surface area contributed by atoms with Gasteiger partial charge in [-0.25, -0.2) is 0 Å². The summed E-state index contributed by atoms with van der Waals surface area (Å²) in [4.78, 5) is 2.44. The van der Waals surface area contributed by atoms with E-state index in [0.29, 0.717) is 6.04 Å². The van der Waals surface area contributed by atoms with Crippen molar-refractivity contribution in [2.24, 2.45) is 7.05 Å². The Kier molecular flexibility index (Phi) is 4.31. The summed E-state index contributed by atoms with van der Waals surface area (Å²) in [5, 5.41) is 18.3. The van der Waals surface area contributed by atoms with Crippen LogP contribution in [0, 0.1) is 0 Å². The molecule has 0 saturated carbocycles. The average Bonchev–Trinajstić information content (AvgIpc) is 3.11. The van der Waals surface area contributed by atoms with E-state index in [1.165, 1.54) is 6.42 Å². The molecule has 1 aliphatic heterocycles. The molecular weight excluding hydrogens is 264 g/mol. The van der Waals surface area contributed by atoms with Crippen LogP contribution in [-0.2, 0) is 13.6 Å². The number of aliphatic hydroxyl groups is 1. The van der Waals surface area contributed by atoms with E-state index < -0.39 is 0 Å². The van der Waals surface area contributed by atoms with Crippen LogP contribution in [0.4, 0.5) is 0 Å². The monoisotopic (exact) mass is 286 g/mol. The molecule has 112 valence electrons. The normalized spacial score (nSPS) is 20.8. The Hall–Kier alpha value is -1.72. The summed E-state index contributed by atoms with van der Waals surface area (Å²) >= 11 is 0. The van der Waals surface area contributed by atoms with Crippen LogP contribution in [0.15, 0.2) is 36.5 Å². The van der Waals surface area contributed by atoms with Gasteiger partial charge < -0.3 is 5.11 Å². The summed E-state index contributed by atoms with van der Waals surface area (Å²) in [6.45, 7) is 1.94. The summed E-state index contributed by atoms with van der Waals surface area (Å²) in [7, 11) is 1.92. The summed E-state index contributed by atoms with van der Waals surface area (Å²) in [5.41, 5.74) is 2.13. The minimum Gasteiger partial charge on any atom is -0.388 e. The van der Waals surface area contributed by atoms with Crippen molar-refractivity contribution in [1.29, 1.82) is 0 Å². The van der Waals surface area contributed by atoms with Crippen molar-refractivity contribution >= 4 is 0 Å². The molecule has 1 saturated heterocycles. The van der Waals surface area contributed by atoms with Crippen molar-refractivity contribution in [1.82, 2.24) is 19.9 Å². The molecule has 0 spiro atoms. The van der Waals surface area contributed by atoms with Crippen molar-refractivity contribution < 1.29 is 5.11 Å². The zero-order valence-electron chi connectivity index (χ0n) is 12.4. The first kappa shape index (κ1) is 14.2. The minimum atomic E-state index is -0.388. The SMILES string of the molecule is Cn1nncc1CN1CCCC1CC(O)c1ccccc1. The Morgan fingerprint density at radius 1 is 1.33 bits per heavy atom. The second-order valence-electron chi connectivity index (χ2n) is 5.78. The lowest BCUT2D eigenvalue weighted by Gasteiger charge is -2.26. The maximum absolute atomic E-state index is 10.4. The third kappa shape index (κ3) is 3.31. The highest BCUT2D eigenvalue weighted by Gasteiger charge is 2.27. The number of nitrogens with zero attached hydrogens (tertiary/aromatic N) is 4. The topological polar surface area (TPSA) is 54.2 Å². The number of aryl methyl sites for hydroxylation is 1. The van der Waals surface area contributed by atoms with E-state index in [2.05, 4.69) is 15.2 Å². The zero-order chi connectivity index (χ0) is 14.7. The van der Waals surface area contributed by atoms with Crippen molar-refractivity contribution in [3.05, 3.63) is 47.8 Å². The van der Waals surface area contributed by atoms with Gasteiger partial charge in [0.2, 0.25) is 0 Å². The fourth-order valence-electron chi connectivity index (χ4n) is 3.10. The van der Waals surface area contributed by atoms with Gasteiger partial charge in [-0.3, -0.25) is 9.58 Å². The molecule has 1 aromatic heterocycles. The van der Waals surface area contributed by atoms with Crippen molar-refractivity contribution in [2.45, 2.75) is 38.0 Å². The first-order valence-corrected chi connectivity index (χ1v) is 7.54. The molecule has 0 radical (unpaired) electrons.